The average Bonchev–Trinajstić information content (AvgIpc) is 2.80. The summed E-state index contributed by atoms with van der Waals surface area (Å²) in [5.41, 5.74) is 0.430. The highest BCUT2D eigenvalue weighted by atomic mass is 79.9. The normalized spacial score (nSPS) is 10.1. The van der Waals surface area contributed by atoms with E-state index in [0.717, 1.165) is 4.47 Å². The van der Waals surface area contributed by atoms with Crippen LogP contribution < -0.4 is 5.32 Å². The molecule has 0 bridgehead atoms. The molecule has 0 unspecified atom stereocenters. The molecule has 0 saturated carbocycles. The fourth-order valence-corrected chi connectivity index (χ4v) is 2.32. The molecule has 1 heterocycles. The average molecular weight is 336 g/mol. The first-order valence-corrected chi connectivity index (χ1v) is 6.71. The van der Waals surface area contributed by atoms with Crippen molar-refractivity contribution in [3.63, 3.8) is 0 Å². The predicted molar refractivity (Wildman–Crippen MR) is 76.9 cm³/mol. The zero-order valence-corrected chi connectivity index (χ0v) is 12.2. The molecule has 1 aromatic carbocycles. The van der Waals surface area contributed by atoms with E-state index in [0.29, 0.717) is 12.2 Å². The summed E-state index contributed by atoms with van der Waals surface area (Å²) in [4.78, 5) is 12.2. The largest absolute Gasteiger partial charge is 0.343 e. The van der Waals surface area contributed by atoms with Gasteiger partial charge in [-0.25, -0.2) is 4.39 Å². The zero-order valence-electron chi connectivity index (χ0n) is 10.7. The van der Waals surface area contributed by atoms with E-state index in [4.69, 9.17) is 5.26 Å². The highest BCUT2D eigenvalue weighted by molar-refractivity contribution is 9.10. The van der Waals surface area contributed by atoms with Crippen molar-refractivity contribution in [1.29, 1.82) is 5.26 Å². The van der Waals surface area contributed by atoms with Gasteiger partial charge < -0.3 is 9.88 Å². The first-order chi connectivity index (χ1) is 9.56. The van der Waals surface area contributed by atoms with Gasteiger partial charge in [-0.2, -0.15) is 5.26 Å². The Morgan fingerprint density at radius 1 is 1.55 bits per heavy atom. The van der Waals surface area contributed by atoms with Crippen molar-refractivity contribution >= 4 is 27.5 Å². The Morgan fingerprint density at radius 3 is 2.95 bits per heavy atom. The minimum absolute atomic E-state index is 0.164. The second-order valence-corrected chi connectivity index (χ2v) is 4.97. The van der Waals surface area contributed by atoms with Crippen LogP contribution in [-0.2, 0) is 6.54 Å². The maximum Gasteiger partial charge on any atom is 0.272 e. The summed E-state index contributed by atoms with van der Waals surface area (Å²) in [5.74, 6) is -1.04. The lowest BCUT2D eigenvalue weighted by atomic mass is 10.2. The number of hydrogen-bond acceptors (Lipinski definition) is 2. The third kappa shape index (κ3) is 2.73. The molecule has 1 amide bonds. The number of amides is 1. The van der Waals surface area contributed by atoms with Crippen LogP contribution in [0, 0.1) is 17.1 Å². The molecule has 0 atom stereocenters. The quantitative estimate of drug-likeness (QED) is 0.932. The number of nitrogens with one attached hydrogen (secondary N) is 1. The lowest BCUT2D eigenvalue weighted by Gasteiger charge is -2.09. The van der Waals surface area contributed by atoms with E-state index in [9.17, 15) is 9.18 Å². The van der Waals surface area contributed by atoms with Crippen LogP contribution in [0.2, 0.25) is 0 Å². The van der Waals surface area contributed by atoms with Crippen molar-refractivity contribution in [2.75, 3.05) is 5.32 Å². The summed E-state index contributed by atoms with van der Waals surface area (Å²) in [6.07, 6.45) is 1.78. The van der Waals surface area contributed by atoms with Crippen LogP contribution in [0.3, 0.4) is 0 Å². The molecule has 0 radical (unpaired) electrons. The molecule has 1 aromatic heterocycles. The molecule has 2 aromatic rings. The summed E-state index contributed by atoms with van der Waals surface area (Å²) in [6, 6.07) is 7.54. The van der Waals surface area contributed by atoms with E-state index in [1.807, 2.05) is 6.92 Å². The van der Waals surface area contributed by atoms with Gasteiger partial charge in [0.25, 0.3) is 5.91 Å². The Kier molecular flexibility index (Phi) is 4.20. The van der Waals surface area contributed by atoms with E-state index in [1.165, 1.54) is 18.2 Å². The summed E-state index contributed by atoms with van der Waals surface area (Å²) < 4.78 is 16.0. The van der Waals surface area contributed by atoms with Crippen molar-refractivity contribution in [3.8, 4) is 6.07 Å². The van der Waals surface area contributed by atoms with Crippen molar-refractivity contribution < 1.29 is 9.18 Å². The maximum atomic E-state index is 13.5. The number of nitriles is 1. The lowest BCUT2D eigenvalue weighted by Crippen LogP contribution is -2.17. The van der Waals surface area contributed by atoms with Gasteiger partial charge in [0.2, 0.25) is 0 Å². The minimum atomic E-state index is -0.655. The van der Waals surface area contributed by atoms with Crippen LogP contribution in [0.5, 0.6) is 0 Å². The molecule has 0 aliphatic rings. The number of aromatic nitrogens is 1. The predicted octanol–water partition coefficient (Wildman–Crippen LogP) is 3.53. The number of hydrogen-bond donors (Lipinski definition) is 1. The molecule has 20 heavy (non-hydrogen) atoms. The first kappa shape index (κ1) is 14.3. The highest BCUT2D eigenvalue weighted by Gasteiger charge is 2.15. The van der Waals surface area contributed by atoms with E-state index < -0.39 is 5.82 Å². The molecule has 0 fully saturated rings. The fraction of sp³-hybridized carbons (Fsp3) is 0.143. The molecule has 2 rings (SSSR count). The van der Waals surface area contributed by atoms with E-state index in [2.05, 4.69) is 21.2 Å². The molecule has 4 nitrogen and oxygen atoms in total. The molecule has 0 saturated heterocycles. The van der Waals surface area contributed by atoms with Crippen LogP contribution in [0.1, 0.15) is 23.0 Å². The third-order valence-electron chi connectivity index (χ3n) is 2.81. The third-order valence-corrected chi connectivity index (χ3v) is 3.24. The number of aryl methyl sites for hydroxylation is 1. The summed E-state index contributed by atoms with van der Waals surface area (Å²) in [6.45, 7) is 2.54. The smallest absolute Gasteiger partial charge is 0.272 e. The molecule has 1 N–H and O–H groups in total. The standard InChI is InChI=1S/C14H11BrFN3O/c1-2-19-8-9(15)6-13(19)14(20)18-12-5-3-4-11(16)10(12)7-17/h3-6,8H,2H2,1H3,(H,18,20). The summed E-state index contributed by atoms with van der Waals surface area (Å²) in [5, 5.41) is 11.5. The van der Waals surface area contributed by atoms with Crippen LogP contribution in [0.4, 0.5) is 10.1 Å². The van der Waals surface area contributed by atoms with Gasteiger partial charge in [0.1, 0.15) is 23.1 Å². The van der Waals surface area contributed by atoms with Crippen LogP contribution in [0.15, 0.2) is 34.9 Å². The highest BCUT2D eigenvalue weighted by Crippen LogP contribution is 2.20. The molecule has 0 spiro atoms. The van der Waals surface area contributed by atoms with Gasteiger partial charge in [-0.1, -0.05) is 6.07 Å². The first-order valence-electron chi connectivity index (χ1n) is 5.92. The summed E-state index contributed by atoms with van der Waals surface area (Å²) in [7, 11) is 0. The van der Waals surface area contributed by atoms with Gasteiger partial charge in [-0.3, -0.25) is 4.79 Å². The Hall–Kier alpha value is -2.13. The van der Waals surface area contributed by atoms with Crippen LogP contribution >= 0.6 is 15.9 Å². The summed E-state index contributed by atoms with van der Waals surface area (Å²) >= 11 is 3.30. The van der Waals surface area contributed by atoms with Gasteiger partial charge >= 0.3 is 0 Å². The van der Waals surface area contributed by atoms with Crippen LogP contribution in [-0.4, -0.2) is 10.5 Å². The van der Waals surface area contributed by atoms with E-state index in [1.54, 1.807) is 22.9 Å². The fourth-order valence-electron chi connectivity index (χ4n) is 1.86. The molecule has 102 valence electrons. The van der Waals surface area contributed by atoms with E-state index >= 15 is 0 Å². The molecule has 0 aliphatic heterocycles. The van der Waals surface area contributed by atoms with Gasteiger partial charge in [0, 0.05) is 17.2 Å². The molecular weight excluding hydrogens is 325 g/mol. The zero-order chi connectivity index (χ0) is 14.7. The lowest BCUT2D eigenvalue weighted by molar-refractivity contribution is 0.101. The molecule has 6 heteroatoms. The number of carbonyl (C=O) groups is 1. The number of rotatable bonds is 3. The Balaban J connectivity index is 2.33. The number of benzene rings is 1. The van der Waals surface area contributed by atoms with Crippen LogP contribution in [0.25, 0.3) is 0 Å². The van der Waals surface area contributed by atoms with Gasteiger partial charge in [-0.15, -0.1) is 0 Å². The van der Waals surface area contributed by atoms with Crippen molar-refractivity contribution in [2.45, 2.75) is 13.5 Å². The Bertz CT molecular complexity index is 703. The van der Waals surface area contributed by atoms with E-state index in [-0.39, 0.29) is 17.2 Å². The Morgan fingerprint density at radius 2 is 2.30 bits per heavy atom. The van der Waals surface area contributed by atoms with Gasteiger partial charge in [0.15, 0.2) is 0 Å². The Labute approximate surface area is 124 Å². The van der Waals surface area contributed by atoms with Crippen molar-refractivity contribution in [2.24, 2.45) is 0 Å². The number of carbonyl (C=O) groups excluding carboxylic acids is 1. The molecular formula is C14H11BrFN3O. The molecule has 0 aliphatic carbocycles. The minimum Gasteiger partial charge on any atom is -0.343 e. The maximum absolute atomic E-state index is 13.5. The second-order valence-electron chi connectivity index (χ2n) is 4.06. The second kappa shape index (κ2) is 5.88. The number of halogens is 2. The SMILES string of the molecule is CCn1cc(Br)cc1C(=O)Nc1cccc(F)c1C#N. The van der Waals surface area contributed by atoms with Crippen molar-refractivity contribution in [3.05, 3.63) is 52.0 Å². The topological polar surface area (TPSA) is 57.8 Å². The number of nitrogens with zero attached hydrogens (tertiary/aromatic N) is 2. The number of anilines is 1. The van der Waals surface area contributed by atoms with Gasteiger partial charge in [0.05, 0.1) is 5.69 Å². The monoisotopic (exact) mass is 335 g/mol. The van der Waals surface area contributed by atoms with Crippen molar-refractivity contribution in [1.82, 2.24) is 4.57 Å². The van der Waals surface area contributed by atoms with Gasteiger partial charge in [-0.05, 0) is 41.1 Å².